The van der Waals surface area contributed by atoms with Gasteiger partial charge >= 0.3 is 0 Å². The Morgan fingerprint density at radius 3 is 2.29 bits per heavy atom. The van der Waals surface area contributed by atoms with Crippen molar-refractivity contribution in [1.82, 2.24) is 5.32 Å². The highest BCUT2D eigenvalue weighted by Gasteiger charge is 2.18. The largest absolute Gasteiger partial charge is 0.496 e. The Morgan fingerprint density at radius 1 is 1.08 bits per heavy atom. The normalized spacial score (nSPS) is 11.9. The number of nitrogens with one attached hydrogen (secondary N) is 1. The van der Waals surface area contributed by atoms with Gasteiger partial charge in [0, 0.05) is 24.8 Å². The van der Waals surface area contributed by atoms with E-state index in [0.29, 0.717) is 6.54 Å². The Hall–Kier alpha value is -2.33. The molecule has 0 heterocycles. The number of para-hydroxylation sites is 1. The molecule has 0 aliphatic rings. The summed E-state index contributed by atoms with van der Waals surface area (Å²) in [6.07, 6.45) is -0.267. The summed E-state index contributed by atoms with van der Waals surface area (Å²) in [6, 6.07) is 11.7. The van der Waals surface area contributed by atoms with E-state index in [1.807, 2.05) is 57.2 Å². The first-order valence-corrected chi connectivity index (χ1v) is 7.99. The van der Waals surface area contributed by atoms with Gasteiger partial charge in [-0.2, -0.15) is 0 Å². The summed E-state index contributed by atoms with van der Waals surface area (Å²) in [7, 11) is 3.26. The van der Waals surface area contributed by atoms with E-state index >= 15 is 0 Å². The number of hydrogen-bond acceptors (Lipinski definition) is 3. The smallest absolute Gasteiger partial charge is 0.251 e. The van der Waals surface area contributed by atoms with Crippen molar-refractivity contribution in [3.63, 3.8) is 0 Å². The lowest BCUT2D eigenvalue weighted by atomic mass is 9.99. The van der Waals surface area contributed by atoms with E-state index in [9.17, 15) is 4.79 Å². The van der Waals surface area contributed by atoms with Gasteiger partial charge in [0.2, 0.25) is 0 Å². The minimum Gasteiger partial charge on any atom is -0.496 e. The molecule has 128 valence electrons. The molecule has 0 aliphatic heterocycles. The number of methoxy groups -OCH3 is 2. The molecular formula is C20H25NO3. The molecule has 1 amide bonds. The Bertz CT molecular complexity index is 702. The maximum Gasteiger partial charge on any atom is 0.251 e. The van der Waals surface area contributed by atoms with Gasteiger partial charge in [-0.3, -0.25) is 4.79 Å². The fraction of sp³-hybridized carbons (Fsp3) is 0.350. The SMILES string of the molecule is COc1ccccc1C(CNC(=O)c1c(C)cc(C)cc1C)OC. The van der Waals surface area contributed by atoms with Crippen LogP contribution in [0.4, 0.5) is 0 Å². The fourth-order valence-corrected chi connectivity index (χ4v) is 3.06. The Labute approximate surface area is 143 Å². The van der Waals surface area contributed by atoms with E-state index in [0.717, 1.165) is 33.6 Å². The zero-order valence-corrected chi connectivity index (χ0v) is 15.0. The lowest BCUT2D eigenvalue weighted by Gasteiger charge is -2.20. The first-order valence-electron chi connectivity index (χ1n) is 7.99. The number of carbonyl (C=O) groups is 1. The molecular weight excluding hydrogens is 302 g/mol. The molecule has 0 spiro atoms. The van der Waals surface area contributed by atoms with Gasteiger partial charge in [0.05, 0.1) is 7.11 Å². The van der Waals surface area contributed by atoms with Gasteiger partial charge in [-0.25, -0.2) is 0 Å². The molecule has 0 saturated heterocycles. The molecule has 0 aliphatic carbocycles. The van der Waals surface area contributed by atoms with Crippen LogP contribution in [0.2, 0.25) is 0 Å². The van der Waals surface area contributed by atoms with Crippen molar-refractivity contribution in [2.75, 3.05) is 20.8 Å². The van der Waals surface area contributed by atoms with Crippen molar-refractivity contribution in [3.05, 3.63) is 64.2 Å². The zero-order chi connectivity index (χ0) is 17.7. The predicted octanol–water partition coefficient (Wildman–Crippen LogP) is 3.74. The van der Waals surface area contributed by atoms with E-state index in [1.165, 1.54) is 0 Å². The molecule has 2 aromatic rings. The maximum atomic E-state index is 12.6. The van der Waals surface area contributed by atoms with Gasteiger partial charge in [0.1, 0.15) is 11.9 Å². The first kappa shape index (κ1) is 18.0. The molecule has 1 N–H and O–H groups in total. The van der Waals surface area contributed by atoms with Gasteiger partial charge in [0.25, 0.3) is 5.91 Å². The summed E-state index contributed by atoms with van der Waals surface area (Å²) in [5, 5.41) is 2.98. The second-order valence-electron chi connectivity index (χ2n) is 5.95. The van der Waals surface area contributed by atoms with Crippen LogP contribution < -0.4 is 10.1 Å². The van der Waals surface area contributed by atoms with E-state index in [4.69, 9.17) is 9.47 Å². The number of amides is 1. The molecule has 0 radical (unpaired) electrons. The molecule has 1 atom stereocenters. The molecule has 24 heavy (non-hydrogen) atoms. The standard InChI is InChI=1S/C20H25NO3/c1-13-10-14(2)19(15(3)11-13)20(22)21-12-18(24-5)16-8-6-7-9-17(16)23-4/h6-11,18H,12H2,1-5H3,(H,21,22). The lowest BCUT2D eigenvalue weighted by Crippen LogP contribution is -2.30. The summed E-state index contributed by atoms with van der Waals surface area (Å²) in [6.45, 7) is 6.33. The minimum atomic E-state index is -0.267. The van der Waals surface area contributed by atoms with E-state index in [-0.39, 0.29) is 12.0 Å². The van der Waals surface area contributed by atoms with Crippen molar-refractivity contribution >= 4 is 5.91 Å². The predicted molar refractivity (Wildman–Crippen MR) is 95.7 cm³/mol. The quantitative estimate of drug-likeness (QED) is 0.879. The number of rotatable bonds is 6. The molecule has 2 aromatic carbocycles. The molecule has 4 heteroatoms. The number of ether oxygens (including phenoxy) is 2. The molecule has 4 nitrogen and oxygen atoms in total. The van der Waals surface area contributed by atoms with Crippen molar-refractivity contribution in [3.8, 4) is 5.75 Å². The van der Waals surface area contributed by atoms with Crippen molar-refractivity contribution in [2.24, 2.45) is 0 Å². The topological polar surface area (TPSA) is 47.6 Å². The average Bonchev–Trinajstić information content (AvgIpc) is 2.54. The number of aryl methyl sites for hydroxylation is 3. The van der Waals surface area contributed by atoms with Crippen molar-refractivity contribution in [1.29, 1.82) is 0 Å². The van der Waals surface area contributed by atoms with Crippen LogP contribution in [0.25, 0.3) is 0 Å². The van der Waals surface area contributed by atoms with E-state index in [2.05, 4.69) is 5.32 Å². The van der Waals surface area contributed by atoms with Crippen LogP contribution >= 0.6 is 0 Å². The van der Waals surface area contributed by atoms with Gasteiger partial charge in [-0.1, -0.05) is 35.9 Å². The Morgan fingerprint density at radius 2 is 1.71 bits per heavy atom. The van der Waals surface area contributed by atoms with Crippen LogP contribution in [0.1, 0.15) is 38.7 Å². The number of hydrogen-bond donors (Lipinski definition) is 1. The Balaban J connectivity index is 2.15. The second kappa shape index (κ2) is 7.97. The van der Waals surface area contributed by atoms with Crippen LogP contribution in [0.5, 0.6) is 5.75 Å². The third-order valence-electron chi connectivity index (χ3n) is 4.12. The summed E-state index contributed by atoms with van der Waals surface area (Å²) in [5.41, 5.74) is 4.77. The summed E-state index contributed by atoms with van der Waals surface area (Å²) >= 11 is 0. The van der Waals surface area contributed by atoms with Crippen LogP contribution in [0.3, 0.4) is 0 Å². The highest BCUT2D eigenvalue weighted by atomic mass is 16.5. The lowest BCUT2D eigenvalue weighted by molar-refractivity contribution is 0.0818. The van der Waals surface area contributed by atoms with Gasteiger partial charge in [0.15, 0.2) is 0 Å². The molecule has 0 aromatic heterocycles. The summed E-state index contributed by atoms with van der Waals surface area (Å²) in [5.74, 6) is 0.670. The monoisotopic (exact) mass is 327 g/mol. The first-order chi connectivity index (χ1) is 11.5. The van der Waals surface area contributed by atoms with Crippen LogP contribution in [-0.2, 0) is 4.74 Å². The van der Waals surface area contributed by atoms with E-state index < -0.39 is 0 Å². The maximum absolute atomic E-state index is 12.6. The third kappa shape index (κ3) is 3.95. The number of benzene rings is 2. The molecule has 1 unspecified atom stereocenters. The van der Waals surface area contributed by atoms with Gasteiger partial charge in [-0.15, -0.1) is 0 Å². The Kier molecular flexibility index (Phi) is 5.99. The van der Waals surface area contributed by atoms with Crippen LogP contribution in [0, 0.1) is 20.8 Å². The fourth-order valence-electron chi connectivity index (χ4n) is 3.06. The zero-order valence-electron chi connectivity index (χ0n) is 15.0. The van der Waals surface area contributed by atoms with E-state index in [1.54, 1.807) is 14.2 Å². The third-order valence-corrected chi connectivity index (χ3v) is 4.12. The highest BCUT2D eigenvalue weighted by molar-refractivity contribution is 5.97. The minimum absolute atomic E-state index is 0.0815. The van der Waals surface area contributed by atoms with Crippen LogP contribution in [0.15, 0.2) is 36.4 Å². The molecule has 0 fully saturated rings. The number of carbonyl (C=O) groups excluding carboxylic acids is 1. The van der Waals surface area contributed by atoms with Gasteiger partial charge < -0.3 is 14.8 Å². The van der Waals surface area contributed by atoms with Crippen molar-refractivity contribution < 1.29 is 14.3 Å². The molecule has 2 rings (SSSR count). The average molecular weight is 327 g/mol. The summed E-state index contributed by atoms with van der Waals surface area (Å²) < 4.78 is 10.9. The molecule has 0 bridgehead atoms. The van der Waals surface area contributed by atoms with Crippen LogP contribution in [-0.4, -0.2) is 26.7 Å². The summed E-state index contributed by atoms with van der Waals surface area (Å²) in [4.78, 5) is 12.6. The second-order valence-corrected chi connectivity index (χ2v) is 5.95. The molecule has 0 saturated carbocycles. The highest BCUT2D eigenvalue weighted by Crippen LogP contribution is 2.26. The van der Waals surface area contributed by atoms with Crippen molar-refractivity contribution in [2.45, 2.75) is 26.9 Å². The van der Waals surface area contributed by atoms with Gasteiger partial charge in [-0.05, 0) is 38.0 Å².